The molecule has 8 N–H and O–H groups in total. The van der Waals surface area contributed by atoms with Crippen molar-refractivity contribution in [2.24, 2.45) is 23.5 Å². The van der Waals surface area contributed by atoms with Crippen LogP contribution < -0.4 is 16.4 Å². The van der Waals surface area contributed by atoms with Gasteiger partial charge in [-0.15, -0.1) is 0 Å². The zero-order valence-corrected chi connectivity index (χ0v) is 22.0. The molecule has 214 valence electrons. The molecule has 0 aliphatic heterocycles. The summed E-state index contributed by atoms with van der Waals surface area (Å²) in [5.41, 5.74) is 0.182. The summed E-state index contributed by atoms with van der Waals surface area (Å²) < 4.78 is 15.3. The second-order valence-electron chi connectivity index (χ2n) is 11.2. The second kappa shape index (κ2) is 9.68. The number of carbonyl (C=O) groups excluding carboxylic acids is 4. The number of carbonyl (C=O) groups is 4. The molecule has 0 spiro atoms. The van der Waals surface area contributed by atoms with Crippen molar-refractivity contribution in [3.05, 3.63) is 45.7 Å². The number of nitrogens with two attached hydrogens (primary N) is 1. The molecule has 13 heteroatoms. The molecular formula is C27H31FN4O8. The molecule has 4 aliphatic carbocycles. The van der Waals surface area contributed by atoms with Gasteiger partial charge < -0.3 is 36.8 Å². The van der Waals surface area contributed by atoms with Crippen molar-refractivity contribution in [3.63, 3.8) is 0 Å². The fraction of sp³-hybridized carbons (Fsp3) is 0.481. The number of likely N-dealkylation sites (N-methyl/N-ethyl adjacent to an activating group) is 1. The molecule has 1 fully saturated rings. The lowest BCUT2D eigenvalue weighted by Gasteiger charge is -2.50. The molecule has 4 atom stereocenters. The molecule has 40 heavy (non-hydrogen) atoms. The Bertz CT molecular complexity index is 1420. The highest BCUT2D eigenvalue weighted by Crippen LogP contribution is 2.53. The molecule has 0 radical (unpaired) electrons. The fourth-order valence-electron chi connectivity index (χ4n) is 6.27. The Hall–Kier alpha value is -3.81. The SMILES string of the molecule is CN(C)[C@@H]1C(O)=C(C(N)=O)C(=O)[C@@]2(O)C(O)=C3C(=O)c4c(O)c(NC(=O)CNCC5CC5)cc(F)c4C[C@H]3C[C@@H]12. The van der Waals surface area contributed by atoms with Crippen molar-refractivity contribution in [2.45, 2.75) is 37.3 Å². The van der Waals surface area contributed by atoms with E-state index in [2.05, 4.69) is 10.6 Å². The summed E-state index contributed by atoms with van der Waals surface area (Å²) in [4.78, 5) is 52.9. The van der Waals surface area contributed by atoms with E-state index in [-0.39, 0.29) is 30.6 Å². The molecule has 12 nitrogen and oxygen atoms in total. The highest BCUT2D eigenvalue weighted by Gasteiger charge is 2.63. The Balaban J connectivity index is 1.55. The molecule has 0 aromatic heterocycles. The van der Waals surface area contributed by atoms with Crippen molar-refractivity contribution in [3.8, 4) is 5.75 Å². The Kier molecular flexibility index (Phi) is 6.71. The third-order valence-electron chi connectivity index (χ3n) is 8.36. The van der Waals surface area contributed by atoms with Crippen LogP contribution in [0, 0.1) is 23.6 Å². The minimum absolute atomic E-state index is 0.0945. The van der Waals surface area contributed by atoms with E-state index < -0.39 is 86.7 Å². The second-order valence-corrected chi connectivity index (χ2v) is 11.2. The van der Waals surface area contributed by atoms with Crippen LogP contribution >= 0.6 is 0 Å². The highest BCUT2D eigenvalue weighted by molar-refractivity contribution is 6.25. The number of phenols is 1. The highest BCUT2D eigenvalue weighted by atomic mass is 19.1. The molecule has 2 amide bonds. The van der Waals surface area contributed by atoms with E-state index in [1.54, 1.807) is 0 Å². The van der Waals surface area contributed by atoms with E-state index in [0.717, 1.165) is 18.9 Å². The number of nitrogens with zero attached hydrogens (tertiary/aromatic N) is 1. The van der Waals surface area contributed by atoms with Gasteiger partial charge in [0.2, 0.25) is 11.7 Å². The number of ketones is 2. The predicted molar refractivity (Wildman–Crippen MR) is 138 cm³/mol. The van der Waals surface area contributed by atoms with Crippen LogP contribution in [0.25, 0.3) is 0 Å². The maximum absolute atomic E-state index is 15.3. The topological polar surface area (TPSA) is 203 Å². The van der Waals surface area contributed by atoms with Gasteiger partial charge in [-0.25, -0.2) is 4.39 Å². The molecule has 4 aliphatic rings. The summed E-state index contributed by atoms with van der Waals surface area (Å²) in [7, 11) is 3.03. The number of aromatic hydroxyl groups is 1. The summed E-state index contributed by atoms with van der Waals surface area (Å²) in [6.07, 6.45) is 1.81. The molecule has 1 saturated carbocycles. The number of hydrogen-bond donors (Lipinski definition) is 7. The minimum Gasteiger partial charge on any atom is -0.510 e. The summed E-state index contributed by atoms with van der Waals surface area (Å²) in [5, 5.41) is 50.0. The molecule has 0 unspecified atom stereocenters. The summed E-state index contributed by atoms with van der Waals surface area (Å²) in [5.74, 6) is -9.22. The van der Waals surface area contributed by atoms with E-state index in [1.807, 2.05) is 0 Å². The van der Waals surface area contributed by atoms with Crippen LogP contribution in [0.15, 0.2) is 28.7 Å². The number of aliphatic hydroxyl groups is 3. The number of halogens is 1. The third kappa shape index (κ3) is 4.16. The average Bonchev–Trinajstić information content (AvgIpc) is 3.68. The number of aliphatic hydroxyl groups excluding tert-OH is 2. The number of rotatable bonds is 7. The molecule has 5 rings (SSSR count). The quantitative estimate of drug-likeness (QED) is 0.179. The monoisotopic (exact) mass is 558 g/mol. The van der Waals surface area contributed by atoms with E-state index >= 15 is 4.39 Å². The van der Waals surface area contributed by atoms with Gasteiger partial charge in [-0.2, -0.15) is 0 Å². The first kappa shape index (κ1) is 27.7. The van der Waals surface area contributed by atoms with E-state index in [0.29, 0.717) is 12.5 Å². The van der Waals surface area contributed by atoms with Gasteiger partial charge in [-0.05, 0) is 58.2 Å². The number of anilines is 1. The van der Waals surface area contributed by atoms with Gasteiger partial charge >= 0.3 is 0 Å². The minimum atomic E-state index is -2.79. The number of allylic oxidation sites excluding steroid dienone is 1. The number of amides is 2. The normalized spacial score (nSPS) is 27.9. The zero-order chi connectivity index (χ0) is 29.3. The number of nitrogens with one attached hydrogen (secondary N) is 2. The van der Waals surface area contributed by atoms with Crippen molar-refractivity contribution in [2.75, 3.05) is 32.5 Å². The van der Waals surface area contributed by atoms with Crippen LogP contribution in [0.1, 0.15) is 35.2 Å². The molecule has 0 heterocycles. The molecule has 0 bridgehead atoms. The molecular weight excluding hydrogens is 527 g/mol. The number of primary amides is 1. The number of phenolic OH excluding ortho intramolecular Hbond substituents is 1. The molecule has 1 aromatic carbocycles. The number of Topliss-reactive ketones (excluding diaryl/α,β-unsaturated/α-hetero) is 2. The lowest BCUT2D eigenvalue weighted by atomic mass is 9.58. The molecule has 1 aromatic rings. The lowest BCUT2D eigenvalue weighted by Crippen LogP contribution is -2.63. The van der Waals surface area contributed by atoms with Gasteiger partial charge in [-0.1, -0.05) is 0 Å². The zero-order valence-electron chi connectivity index (χ0n) is 22.0. The van der Waals surface area contributed by atoms with Crippen molar-refractivity contribution < 1.29 is 44.0 Å². The Morgan fingerprint density at radius 2 is 1.88 bits per heavy atom. The van der Waals surface area contributed by atoms with Gasteiger partial charge in [0.15, 0.2) is 17.1 Å². The smallest absolute Gasteiger partial charge is 0.255 e. The van der Waals surface area contributed by atoms with E-state index in [4.69, 9.17) is 5.73 Å². The van der Waals surface area contributed by atoms with Crippen LogP contribution in [-0.4, -0.2) is 87.5 Å². The Labute approximate surface area is 228 Å². The summed E-state index contributed by atoms with van der Waals surface area (Å²) in [6, 6.07) is -0.233. The average molecular weight is 559 g/mol. The van der Waals surface area contributed by atoms with E-state index in [1.165, 1.54) is 19.0 Å². The van der Waals surface area contributed by atoms with Gasteiger partial charge in [0.1, 0.15) is 22.9 Å². The predicted octanol–water partition coefficient (Wildman–Crippen LogP) is 0.198. The van der Waals surface area contributed by atoms with Crippen molar-refractivity contribution >= 4 is 29.1 Å². The van der Waals surface area contributed by atoms with Gasteiger partial charge in [0.05, 0.1) is 23.8 Å². The Morgan fingerprint density at radius 1 is 1.20 bits per heavy atom. The van der Waals surface area contributed by atoms with Crippen molar-refractivity contribution in [1.29, 1.82) is 0 Å². The fourth-order valence-corrected chi connectivity index (χ4v) is 6.27. The number of fused-ring (bicyclic) bond motifs is 3. The first-order valence-corrected chi connectivity index (χ1v) is 13.0. The maximum atomic E-state index is 15.3. The maximum Gasteiger partial charge on any atom is 0.255 e. The summed E-state index contributed by atoms with van der Waals surface area (Å²) in [6.45, 7) is 0.551. The lowest BCUT2D eigenvalue weighted by molar-refractivity contribution is -0.148. The van der Waals surface area contributed by atoms with Gasteiger partial charge in [0, 0.05) is 23.1 Å². The van der Waals surface area contributed by atoms with Crippen LogP contribution in [-0.2, 0) is 20.8 Å². The summed E-state index contributed by atoms with van der Waals surface area (Å²) >= 11 is 0. The largest absolute Gasteiger partial charge is 0.510 e. The first-order chi connectivity index (χ1) is 18.8. The third-order valence-corrected chi connectivity index (χ3v) is 8.36. The van der Waals surface area contributed by atoms with Gasteiger partial charge in [-0.3, -0.25) is 24.1 Å². The Morgan fingerprint density at radius 3 is 2.48 bits per heavy atom. The standard InChI is InChI=1S/C27H31FN4O8/c1-32(2)20-13-6-11-5-12-14(28)7-15(31-16(33)9-30-8-10-3-4-10)21(34)18(12)22(35)17(11)24(37)27(13,40)25(38)19(23(20)36)26(29)39/h7,10-11,13,20,30,34,36-37,40H,3-6,8-9H2,1-2H3,(H2,29,39)(H,31,33)/t11-,13-,20-,27-/m0/s1. The van der Waals surface area contributed by atoms with Crippen LogP contribution in [0.4, 0.5) is 10.1 Å². The molecule has 0 saturated heterocycles. The van der Waals surface area contributed by atoms with Crippen molar-refractivity contribution in [1.82, 2.24) is 10.2 Å². The van der Waals surface area contributed by atoms with Crippen LogP contribution in [0.3, 0.4) is 0 Å². The van der Waals surface area contributed by atoms with Crippen LogP contribution in [0.2, 0.25) is 0 Å². The number of hydrogen-bond acceptors (Lipinski definition) is 10. The van der Waals surface area contributed by atoms with Crippen LogP contribution in [0.5, 0.6) is 5.75 Å². The van der Waals surface area contributed by atoms with E-state index in [9.17, 15) is 39.6 Å². The first-order valence-electron chi connectivity index (χ1n) is 13.0. The number of benzene rings is 1. The van der Waals surface area contributed by atoms with Gasteiger partial charge in [0.25, 0.3) is 5.91 Å².